The Labute approximate surface area is 140 Å². The second-order valence-electron chi connectivity index (χ2n) is 5.79. The van der Waals surface area contributed by atoms with Crippen molar-refractivity contribution in [2.24, 2.45) is 5.92 Å². The van der Waals surface area contributed by atoms with Crippen LogP contribution in [0.25, 0.3) is 6.08 Å². The van der Waals surface area contributed by atoms with Gasteiger partial charge in [-0.2, -0.15) is 5.26 Å². The first-order valence-corrected chi connectivity index (χ1v) is 8.29. The van der Waals surface area contributed by atoms with Crippen molar-refractivity contribution >= 4 is 28.5 Å². The highest BCUT2D eigenvalue weighted by Gasteiger charge is 2.14. The molecule has 0 saturated carbocycles. The molecule has 0 aliphatic heterocycles. The van der Waals surface area contributed by atoms with Gasteiger partial charge in [0.05, 0.1) is 0 Å². The molecule has 0 atom stereocenters. The van der Waals surface area contributed by atoms with E-state index in [4.69, 9.17) is 0 Å². The van der Waals surface area contributed by atoms with Crippen LogP contribution in [-0.2, 0) is 11.3 Å². The average molecular weight is 328 g/mol. The van der Waals surface area contributed by atoms with Gasteiger partial charge in [-0.05, 0) is 37.5 Å². The lowest BCUT2D eigenvalue weighted by molar-refractivity contribution is -0.112. The zero-order valence-corrected chi connectivity index (χ0v) is 14.6. The van der Waals surface area contributed by atoms with E-state index >= 15 is 0 Å². The number of amides is 1. The Bertz CT molecular complexity index is 763. The molecule has 1 amide bonds. The van der Waals surface area contributed by atoms with Gasteiger partial charge in [-0.1, -0.05) is 13.8 Å². The van der Waals surface area contributed by atoms with Crippen LogP contribution in [0.3, 0.4) is 0 Å². The first kappa shape index (κ1) is 17.0. The Hall–Kier alpha value is -2.39. The van der Waals surface area contributed by atoms with Crippen LogP contribution in [0.2, 0.25) is 0 Å². The zero-order chi connectivity index (χ0) is 17.0. The lowest BCUT2D eigenvalue weighted by atomic mass is 10.1. The van der Waals surface area contributed by atoms with Gasteiger partial charge in [0, 0.05) is 29.5 Å². The van der Waals surface area contributed by atoms with Crippen LogP contribution in [0.5, 0.6) is 0 Å². The summed E-state index contributed by atoms with van der Waals surface area (Å²) in [5, 5.41) is 14.2. The highest BCUT2D eigenvalue weighted by molar-refractivity contribution is 7.13. The quantitative estimate of drug-likeness (QED) is 0.671. The van der Waals surface area contributed by atoms with E-state index in [0.29, 0.717) is 11.0 Å². The van der Waals surface area contributed by atoms with E-state index in [1.165, 1.54) is 11.3 Å². The van der Waals surface area contributed by atoms with Crippen molar-refractivity contribution in [3.05, 3.63) is 40.2 Å². The molecule has 0 spiro atoms. The number of carbonyl (C=O) groups is 1. The van der Waals surface area contributed by atoms with Crippen molar-refractivity contribution in [2.45, 2.75) is 34.2 Å². The van der Waals surface area contributed by atoms with E-state index in [0.717, 1.165) is 23.5 Å². The van der Waals surface area contributed by atoms with Gasteiger partial charge >= 0.3 is 0 Å². The van der Waals surface area contributed by atoms with Gasteiger partial charge in [-0.3, -0.25) is 10.1 Å². The summed E-state index contributed by atoms with van der Waals surface area (Å²) in [7, 11) is 0. The summed E-state index contributed by atoms with van der Waals surface area (Å²) in [5.74, 6) is 0.0939. The Balaban J connectivity index is 2.28. The fourth-order valence-electron chi connectivity index (χ4n) is 2.37. The summed E-state index contributed by atoms with van der Waals surface area (Å²) >= 11 is 1.32. The SMILES string of the molecule is Cc1cc(/C=C(\C#N)C(=O)Nc2nccs2)c(C)n1CC(C)C. The third kappa shape index (κ3) is 4.08. The highest BCUT2D eigenvalue weighted by atomic mass is 32.1. The second kappa shape index (κ2) is 7.25. The summed E-state index contributed by atoms with van der Waals surface area (Å²) in [6.07, 6.45) is 3.25. The molecule has 1 N–H and O–H groups in total. The molecule has 2 heterocycles. The van der Waals surface area contributed by atoms with Crippen LogP contribution in [0.15, 0.2) is 23.2 Å². The molecular weight excluding hydrogens is 308 g/mol. The minimum absolute atomic E-state index is 0.0741. The first-order chi connectivity index (χ1) is 10.9. The van der Waals surface area contributed by atoms with Gasteiger partial charge in [0.2, 0.25) is 0 Å². The number of hydrogen-bond donors (Lipinski definition) is 1. The molecule has 0 unspecified atom stereocenters. The minimum atomic E-state index is -0.434. The number of nitrogens with zero attached hydrogens (tertiary/aromatic N) is 3. The first-order valence-electron chi connectivity index (χ1n) is 7.41. The summed E-state index contributed by atoms with van der Waals surface area (Å²) < 4.78 is 2.21. The number of anilines is 1. The molecule has 2 aromatic rings. The van der Waals surface area contributed by atoms with Crippen molar-refractivity contribution in [2.75, 3.05) is 5.32 Å². The molecule has 5 nitrogen and oxygen atoms in total. The fraction of sp³-hybridized carbons (Fsp3) is 0.353. The summed E-state index contributed by atoms with van der Waals surface area (Å²) in [4.78, 5) is 16.2. The summed E-state index contributed by atoms with van der Waals surface area (Å²) in [6, 6.07) is 3.98. The van der Waals surface area contributed by atoms with Crippen LogP contribution in [0, 0.1) is 31.1 Å². The van der Waals surface area contributed by atoms with E-state index in [9.17, 15) is 10.1 Å². The molecular formula is C17H20N4OS. The molecule has 0 fully saturated rings. The number of nitrogens with one attached hydrogen (secondary N) is 1. The molecule has 0 aliphatic rings. The van der Waals surface area contributed by atoms with Gasteiger partial charge in [0.25, 0.3) is 5.91 Å². The number of aromatic nitrogens is 2. The van der Waals surface area contributed by atoms with Gasteiger partial charge in [0.15, 0.2) is 5.13 Å². The van der Waals surface area contributed by atoms with Crippen molar-refractivity contribution in [3.63, 3.8) is 0 Å². The van der Waals surface area contributed by atoms with Gasteiger partial charge in [-0.25, -0.2) is 4.98 Å². The van der Waals surface area contributed by atoms with Crippen LogP contribution >= 0.6 is 11.3 Å². The van der Waals surface area contributed by atoms with E-state index in [2.05, 4.69) is 28.7 Å². The van der Waals surface area contributed by atoms with E-state index in [1.807, 2.05) is 26.0 Å². The predicted octanol–water partition coefficient (Wildman–Crippen LogP) is 3.76. The topological polar surface area (TPSA) is 70.7 Å². The molecule has 0 aliphatic carbocycles. The number of rotatable bonds is 5. The molecule has 0 saturated heterocycles. The second-order valence-corrected chi connectivity index (χ2v) is 6.69. The summed E-state index contributed by atoms with van der Waals surface area (Å²) in [6.45, 7) is 9.29. The zero-order valence-electron chi connectivity index (χ0n) is 13.8. The fourth-order valence-corrected chi connectivity index (χ4v) is 2.90. The normalized spacial score (nSPS) is 11.6. The van der Waals surface area contributed by atoms with Crippen molar-refractivity contribution < 1.29 is 4.79 Å². The van der Waals surface area contributed by atoms with Crippen LogP contribution < -0.4 is 5.32 Å². The third-order valence-electron chi connectivity index (χ3n) is 3.48. The largest absolute Gasteiger partial charge is 0.348 e. The standard InChI is InChI=1S/C17H20N4OS/c1-11(2)10-21-12(3)7-14(13(21)4)8-15(9-18)16(22)20-17-19-5-6-23-17/h5-8,11H,10H2,1-4H3,(H,19,20,22)/b15-8+. The van der Waals surface area contributed by atoms with Gasteiger partial charge in [-0.15, -0.1) is 11.3 Å². The molecule has 2 aromatic heterocycles. The van der Waals surface area contributed by atoms with Crippen LogP contribution in [-0.4, -0.2) is 15.5 Å². The van der Waals surface area contributed by atoms with E-state index in [-0.39, 0.29) is 5.57 Å². The van der Waals surface area contributed by atoms with Crippen LogP contribution in [0.1, 0.15) is 30.8 Å². The molecule has 120 valence electrons. The van der Waals surface area contributed by atoms with Gasteiger partial charge in [0.1, 0.15) is 11.6 Å². The third-order valence-corrected chi connectivity index (χ3v) is 4.17. The number of nitriles is 1. The molecule has 0 radical (unpaired) electrons. The number of hydrogen-bond acceptors (Lipinski definition) is 4. The van der Waals surface area contributed by atoms with E-state index in [1.54, 1.807) is 17.7 Å². The van der Waals surface area contributed by atoms with Crippen LogP contribution in [0.4, 0.5) is 5.13 Å². The maximum atomic E-state index is 12.2. The Kier molecular flexibility index (Phi) is 5.35. The average Bonchev–Trinajstić information content (AvgIpc) is 3.08. The number of aryl methyl sites for hydroxylation is 1. The highest BCUT2D eigenvalue weighted by Crippen LogP contribution is 2.20. The maximum Gasteiger partial charge on any atom is 0.268 e. The molecule has 2 rings (SSSR count). The Morgan fingerprint density at radius 1 is 1.52 bits per heavy atom. The number of thiazole rings is 1. The molecule has 6 heteroatoms. The van der Waals surface area contributed by atoms with Crippen molar-refractivity contribution in [3.8, 4) is 6.07 Å². The lowest BCUT2D eigenvalue weighted by Crippen LogP contribution is -2.13. The molecule has 0 bridgehead atoms. The number of carbonyl (C=O) groups excluding carboxylic acids is 1. The van der Waals surface area contributed by atoms with Crippen molar-refractivity contribution in [1.29, 1.82) is 5.26 Å². The lowest BCUT2D eigenvalue weighted by Gasteiger charge is -2.12. The predicted molar refractivity (Wildman–Crippen MR) is 93.1 cm³/mol. The maximum absolute atomic E-state index is 12.2. The summed E-state index contributed by atoms with van der Waals surface area (Å²) in [5.41, 5.74) is 3.16. The molecule has 23 heavy (non-hydrogen) atoms. The van der Waals surface area contributed by atoms with Crippen molar-refractivity contribution in [1.82, 2.24) is 9.55 Å². The Morgan fingerprint density at radius 3 is 2.83 bits per heavy atom. The Morgan fingerprint density at radius 2 is 2.26 bits per heavy atom. The smallest absolute Gasteiger partial charge is 0.268 e. The van der Waals surface area contributed by atoms with E-state index < -0.39 is 5.91 Å². The minimum Gasteiger partial charge on any atom is -0.348 e. The monoisotopic (exact) mass is 328 g/mol. The van der Waals surface area contributed by atoms with Gasteiger partial charge < -0.3 is 4.57 Å². The molecule has 0 aromatic carbocycles.